The number of carbonyl (C=O) groups excluding carboxylic acids is 3. The van der Waals surface area contributed by atoms with Gasteiger partial charge in [-0.05, 0) is 48.0 Å². The molecule has 0 unspecified atom stereocenters. The lowest BCUT2D eigenvalue weighted by Gasteiger charge is -2.10. The Morgan fingerprint density at radius 2 is 2.00 bits per heavy atom. The van der Waals surface area contributed by atoms with Crippen LogP contribution in [-0.4, -0.2) is 44.0 Å². The van der Waals surface area contributed by atoms with E-state index in [0.717, 1.165) is 11.3 Å². The van der Waals surface area contributed by atoms with Gasteiger partial charge in [-0.1, -0.05) is 18.2 Å². The van der Waals surface area contributed by atoms with Crippen molar-refractivity contribution in [1.29, 1.82) is 0 Å². The van der Waals surface area contributed by atoms with Gasteiger partial charge in [-0.25, -0.2) is 4.79 Å². The first-order valence-electron chi connectivity index (χ1n) is 9.21. The Morgan fingerprint density at radius 1 is 1.21 bits per heavy atom. The van der Waals surface area contributed by atoms with Crippen LogP contribution >= 0.6 is 0 Å². The van der Waals surface area contributed by atoms with Gasteiger partial charge in [0.15, 0.2) is 5.78 Å². The molecule has 1 amide bonds. The van der Waals surface area contributed by atoms with Crippen LogP contribution in [0.2, 0.25) is 0 Å². The third-order valence-electron chi connectivity index (χ3n) is 4.41. The molecule has 3 rings (SSSR count). The van der Waals surface area contributed by atoms with Gasteiger partial charge >= 0.3 is 5.97 Å². The third kappa shape index (κ3) is 5.68. The second-order valence-corrected chi connectivity index (χ2v) is 6.48. The Kier molecular flexibility index (Phi) is 6.63. The van der Waals surface area contributed by atoms with Crippen LogP contribution in [0.5, 0.6) is 5.75 Å². The van der Waals surface area contributed by atoms with Crippen LogP contribution in [-0.2, 0) is 14.3 Å². The van der Waals surface area contributed by atoms with Crippen LogP contribution in [0.1, 0.15) is 22.3 Å². The van der Waals surface area contributed by atoms with Gasteiger partial charge in [0.05, 0.1) is 20.3 Å². The fourth-order valence-electron chi connectivity index (χ4n) is 2.82. The monoisotopic (exact) mass is 394 g/mol. The molecule has 7 heteroatoms. The Bertz CT molecular complexity index is 921. The highest BCUT2D eigenvalue weighted by Crippen LogP contribution is 2.15. The van der Waals surface area contributed by atoms with Crippen molar-refractivity contribution < 1.29 is 23.9 Å². The number of cyclic esters (lactones) is 1. The molecule has 29 heavy (non-hydrogen) atoms. The zero-order valence-electron chi connectivity index (χ0n) is 16.0. The first kappa shape index (κ1) is 20.1. The van der Waals surface area contributed by atoms with Gasteiger partial charge in [-0.3, -0.25) is 9.59 Å². The van der Waals surface area contributed by atoms with E-state index >= 15 is 0 Å². The molecule has 0 spiro atoms. The molecule has 1 fully saturated rings. The fraction of sp³-hybridized carbons (Fsp3) is 0.227. The van der Waals surface area contributed by atoms with E-state index in [0.29, 0.717) is 24.3 Å². The number of methoxy groups -OCH3 is 1. The van der Waals surface area contributed by atoms with E-state index in [1.165, 1.54) is 6.08 Å². The zero-order chi connectivity index (χ0) is 20.6. The van der Waals surface area contributed by atoms with Crippen LogP contribution in [0.4, 0.5) is 5.69 Å². The van der Waals surface area contributed by atoms with E-state index in [1.807, 2.05) is 24.3 Å². The molecule has 1 atom stereocenters. The van der Waals surface area contributed by atoms with Crippen molar-refractivity contribution in [3.05, 3.63) is 65.7 Å². The van der Waals surface area contributed by atoms with E-state index in [2.05, 4.69) is 10.6 Å². The zero-order valence-corrected chi connectivity index (χ0v) is 16.0. The predicted molar refractivity (Wildman–Crippen MR) is 109 cm³/mol. The summed E-state index contributed by atoms with van der Waals surface area (Å²) in [6.45, 7) is 0.353. The number of benzene rings is 2. The molecule has 150 valence electrons. The lowest BCUT2D eigenvalue weighted by atomic mass is 10.1. The molecule has 0 aromatic heterocycles. The van der Waals surface area contributed by atoms with Gasteiger partial charge in [0, 0.05) is 17.7 Å². The lowest BCUT2D eigenvalue weighted by molar-refractivity contribution is -0.141. The first-order chi connectivity index (χ1) is 14.0. The number of amides is 1. The van der Waals surface area contributed by atoms with E-state index in [1.54, 1.807) is 37.5 Å². The minimum atomic E-state index is -0.569. The SMILES string of the molecule is COc1cccc(/C=C/C(=O)c2ccc(NCC(=O)N[C@H]3CCOC3=O)cc2)c1. The topological polar surface area (TPSA) is 93.7 Å². The smallest absolute Gasteiger partial charge is 0.328 e. The quantitative estimate of drug-likeness (QED) is 0.406. The van der Waals surface area contributed by atoms with E-state index in [9.17, 15) is 14.4 Å². The van der Waals surface area contributed by atoms with E-state index in [-0.39, 0.29) is 18.2 Å². The molecule has 2 N–H and O–H groups in total. The molecular formula is C22H22N2O5. The summed E-state index contributed by atoms with van der Waals surface area (Å²) in [4.78, 5) is 35.6. The van der Waals surface area contributed by atoms with Crippen LogP contribution < -0.4 is 15.4 Å². The number of rotatable bonds is 8. The van der Waals surface area contributed by atoms with Crippen molar-refractivity contribution in [1.82, 2.24) is 5.32 Å². The van der Waals surface area contributed by atoms with Gasteiger partial charge in [0.25, 0.3) is 0 Å². The Hall–Kier alpha value is -3.61. The first-order valence-corrected chi connectivity index (χ1v) is 9.21. The highest BCUT2D eigenvalue weighted by Gasteiger charge is 2.27. The average Bonchev–Trinajstić information content (AvgIpc) is 3.15. The molecular weight excluding hydrogens is 372 g/mol. The summed E-state index contributed by atoms with van der Waals surface area (Å²) in [7, 11) is 1.59. The number of hydrogen-bond donors (Lipinski definition) is 2. The molecule has 1 aliphatic rings. The van der Waals surface area contributed by atoms with E-state index < -0.39 is 12.0 Å². The van der Waals surface area contributed by atoms with Crippen molar-refractivity contribution in [2.75, 3.05) is 25.6 Å². The number of carbonyl (C=O) groups is 3. The van der Waals surface area contributed by atoms with Gasteiger partial charge in [0.2, 0.25) is 5.91 Å². The van der Waals surface area contributed by atoms with Gasteiger partial charge in [-0.15, -0.1) is 0 Å². The standard InChI is InChI=1S/C22H22N2O5/c1-28-18-4-2-3-15(13-18)5-10-20(25)16-6-8-17(9-7-16)23-14-21(26)24-19-11-12-29-22(19)27/h2-10,13,19,23H,11-12,14H2,1H3,(H,24,26)/b10-5+/t19-/m0/s1. The molecule has 0 saturated carbocycles. The fourth-order valence-corrected chi connectivity index (χ4v) is 2.82. The van der Waals surface area contributed by atoms with Crippen LogP contribution in [0, 0.1) is 0 Å². The number of allylic oxidation sites excluding steroid dienone is 1. The average molecular weight is 394 g/mol. The molecule has 2 aromatic carbocycles. The molecule has 2 aromatic rings. The maximum absolute atomic E-state index is 12.3. The summed E-state index contributed by atoms with van der Waals surface area (Å²) in [5, 5.41) is 5.58. The molecule has 1 saturated heterocycles. The second-order valence-electron chi connectivity index (χ2n) is 6.48. The van der Waals surface area contributed by atoms with Crippen LogP contribution in [0.15, 0.2) is 54.6 Å². The second kappa shape index (κ2) is 9.54. The number of esters is 1. The van der Waals surface area contributed by atoms with Crippen LogP contribution in [0.3, 0.4) is 0 Å². The highest BCUT2D eigenvalue weighted by atomic mass is 16.5. The number of ketones is 1. The van der Waals surface area contributed by atoms with Gasteiger partial charge in [0.1, 0.15) is 11.8 Å². The van der Waals surface area contributed by atoms with E-state index in [4.69, 9.17) is 9.47 Å². The summed E-state index contributed by atoms with van der Waals surface area (Å²) in [6, 6.07) is 13.7. The van der Waals surface area contributed by atoms with Crippen molar-refractivity contribution in [2.24, 2.45) is 0 Å². The van der Waals surface area contributed by atoms with Gasteiger partial charge in [-0.2, -0.15) is 0 Å². The minimum absolute atomic E-state index is 0.0207. The summed E-state index contributed by atoms with van der Waals surface area (Å²) >= 11 is 0. The Balaban J connectivity index is 1.51. The summed E-state index contributed by atoms with van der Waals surface area (Å²) in [5.41, 5.74) is 2.10. The highest BCUT2D eigenvalue weighted by molar-refractivity contribution is 6.07. The third-order valence-corrected chi connectivity index (χ3v) is 4.41. The van der Waals surface area contributed by atoms with Crippen LogP contribution in [0.25, 0.3) is 6.08 Å². The van der Waals surface area contributed by atoms with Gasteiger partial charge < -0.3 is 20.1 Å². The minimum Gasteiger partial charge on any atom is -0.497 e. The summed E-state index contributed by atoms with van der Waals surface area (Å²) in [5.74, 6) is -0.0980. The lowest BCUT2D eigenvalue weighted by Crippen LogP contribution is -2.40. The number of nitrogens with one attached hydrogen (secondary N) is 2. The van der Waals surface area contributed by atoms with Crippen molar-refractivity contribution >= 4 is 29.4 Å². The molecule has 0 aliphatic carbocycles. The number of anilines is 1. The molecule has 1 heterocycles. The molecule has 0 bridgehead atoms. The molecule has 7 nitrogen and oxygen atoms in total. The Labute approximate surface area is 168 Å². The maximum Gasteiger partial charge on any atom is 0.328 e. The maximum atomic E-state index is 12.3. The van der Waals surface area contributed by atoms with Crippen molar-refractivity contribution in [3.63, 3.8) is 0 Å². The Morgan fingerprint density at radius 3 is 2.69 bits per heavy atom. The number of hydrogen-bond acceptors (Lipinski definition) is 6. The molecule has 1 aliphatic heterocycles. The normalized spacial score (nSPS) is 15.8. The summed E-state index contributed by atoms with van der Waals surface area (Å²) < 4.78 is 9.97. The molecule has 0 radical (unpaired) electrons. The number of ether oxygens (including phenoxy) is 2. The van der Waals surface area contributed by atoms with Crippen molar-refractivity contribution in [2.45, 2.75) is 12.5 Å². The van der Waals surface area contributed by atoms with Crippen molar-refractivity contribution in [3.8, 4) is 5.75 Å². The predicted octanol–water partition coefficient (Wildman–Crippen LogP) is 2.43. The summed E-state index contributed by atoms with van der Waals surface area (Å²) in [6.07, 6.45) is 3.73. The largest absolute Gasteiger partial charge is 0.497 e.